The molecule has 2 atom stereocenters. The van der Waals surface area contributed by atoms with Gasteiger partial charge in [-0.3, -0.25) is 9.00 Å². The SMILES string of the molecule is Cc1coc2cc3oc(=O)c(CC(=O)NC(CCS(C)=O)C(=O)O)c(C)c3cc12. The molecular weight excluding hydrogens is 398 g/mol. The molecule has 0 saturated carbocycles. The van der Waals surface area contributed by atoms with Crippen LogP contribution in [-0.2, 0) is 26.8 Å². The molecule has 1 aromatic carbocycles. The van der Waals surface area contributed by atoms with Crippen LogP contribution >= 0.6 is 0 Å². The minimum absolute atomic E-state index is 0.0350. The van der Waals surface area contributed by atoms with E-state index in [4.69, 9.17) is 8.83 Å². The van der Waals surface area contributed by atoms with Crippen LogP contribution < -0.4 is 10.9 Å². The number of hydrogen-bond acceptors (Lipinski definition) is 6. The normalized spacial score (nSPS) is 13.5. The average molecular weight is 419 g/mol. The number of carboxylic acids is 1. The van der Waals surface area contributed by atoms with E-state index < -0.39 is 34.3 Å². The lowest BCUT2D eigenvalue weighted by Crippen LogP contribution is -2.42. The van der Waals surface area contributed by atoms with Crippen LogP contribution in [0.3, 0.4) is 0 Å². The molecule has 0 aliphatic rings. The quantitative estimate of drug-likeness (QED) is 0.561. The Morgan fingerprint density at radius 1 is 1.21 bits per heavy atom. The summed E-state index contributed by atoms with van der Waals surface area (Å²) in [5.41, 5.74) is 1.99. The fourth-order valence-corrected chi connectivity index (χ4v) is 3.76. The zero-order valence-electron chi connectivity index (χ0n) is 16.2. The monoisotopic (exact) mass is 419 g/mol. The molecule has 9 heteroatoms. The summed E-state index contributed by atoms with van der Waals surface area (Å²) in [4.78, 5) is 36.2. The third-order valence-electron chi connectivity index (χ3n) is 4.84. The zero-order valence-corrected chi connectivity index (χ0v) is 17.1. The lowest BCUT2D eigenvalue weighted by molar-refractivity contribution is -0.141. The Kier molecular flexibility index (Phi) is 5.88. The first kappa shape index (κ1) is 20.8. The minimum atomic E-state index is -1.22. The van der Waals surface area contributed by atoms with Crippen LogP contribution in [0, 0.1) is 13.8 Å². The van der Waals surface area contributed by atoms with Crippen molar-refractivity contribution in [3.05, 3.63) is 45.5 Å². The summed E-state index contributed by atoms with van der Waals surface area (Å²) in [6, 6.07) is 2.31. The zero-order chi connectivity index (χ0) is 21.3. The highest BCUT2D eigenvalue weighted by Crippen LogP contribution is 2.28. The second-order valence-electron chi connectivity index (χ2n) is 6.96. The molecule has 0 bridgehead atoms. The van der Waals surface area contributed by atoms with Crippen molar-refractivity contribution in [2.75, 3.05) is 12.0 Å². The second-order valence-corrected chi connectivity index (χ2v) is 8.51. The van der Waals surface area contributed by atoms with Gasteiger partial charge >= 0.3 is 11.6 Å². The fourth-order valence-electron chi connectivity index (χ4n) is 3.19. The molecule has 2 heterocycles. The van der Waals surface area contributed by atoms with Gasteiger partial charge in [0, 0.05) is 39.6 Å². The Morgan fingerprint density at radius 3 is 2.59 bits per heavy atom. The molecule has 154 valence electrons. The number of carbonyl (C=O) groups excluding carboxylic acids is 1. The number of fused-ring (bicyclic) bond motifs is 2. The number of aliphatic carboxylic acids is 1. The van der Waals surface area contributed by atoms with Gasteiger partial charge in [0.2, 0.25) is 5.91 Å². The summed E-state index contributed by atoms with van der Waals surface area (Å²) in [5.74, 6) is -1.69. The first-order valence-corrected chi connectivity index (χ1v) is 10.7. The molecule has 29 heavy (non-hydrogen) atoms. The molecular formula is C20H21NO7S. The van der Waals surface area contributed by atoms with Crippen molar-refractivity contribution in [1.82, 2.24) is 5.32 Å². The van der Waals surface area contributed by atoms with E-state index in [-0.39, 0.29) is 24.2 Å². The first-order valence-electron chi connectivity index (χ1n) is 8.93. The molecule has 2 unspecified atom stereocenters. The molecule has 0 radical (unpaired) electrons. The van der Waals surface area contributed by atoms with E-state index in [0.29, 0.717) is 22.1 Å². The highest BCUT2D eigenvalue weighted by Gasteiger charge is 2.22. The number of hydrogen-bond donors (Lipinski definition) is 2. The summed E-state index contributed by atoms with van der Waals surface area (Å²) in [5, 5.41) is 13.2. The number of furan rings is 1. The van der Waals surface area contributed by atoms with Gasteiger partial charge in [0.25, 0.3) is 0 Å². The third-order valence-corrected chi connectivity index (χ3v) is 5.65. The van der Waals surface area contributed by atoms with Crippen LogP contribution in [0.5, 0.6) is 0 Å². The summed E-state index contributed by atoms with van der Waals surface area (Å²) in [6.07, 6.45) is 2.79. The van der Waals surface area contributed by atoms with E-state index in [0.717, 1.165) is 10.9 Å². The van der Waals surface area contributed by atoms with Gasteiger partial charge in [-0.15, -0.1) is 0 Å². The minimum Gasteiger partial charge on any atom is -0.480 e. The molecule has 0 aliphatic heterocycles. The molecule has 2 aromatic heterocycles. The highest BCUT2D eigenvalue weighted by molar-refractivity contribution is 7.84. The molecule has 2 N–H and O–H groups in total. The molecule has 8 nitrogen and oxygen atoms in total. The van der Waals surface area contributed by atoms with Crippen molar-refractivity contribution in [2.24, 2.45) is 0 Å². The van der Waals surface area contributed by atoms with E-state index in [9.17, 15) is 23.7 Å². The van der Waals surface area contributed by atoms with Crippen LogP contribution in [0.25, 0.3) is 21.9 Å². The van der Waals surface area contributed by atoms with Crippen molar-refractivity contribution in [3.8, 4) is 0 Å². The molecule has 0 fully saturated rings. The van der Waals surface area contributed by atoms with Crippen molar-refractivity contribution in [1.29, 1.82) is 0 Å². The number of amides is 1. The highest BCUT2D eigenvalue weighted by atomic mass is 32.2. The molecule has 3 rings (SSSR count). The Morgan fingerprint density at radius 2 is 1.93 bits per heavy atom. The second kappa shape index (κ2) is 8.20. The molecule has 0 saturated heterocycles. The topological polar surface area (TPSA) is 127 Å². The third kappa shape index (κ3) is 4.40. The van der Waals surface area contributed by atoms with Crippen LogP contribution in [0.1, 0.15) is 23.1 Å². The van der Waals surface area contributed by atoms with Gasteiger partial charge < -0.3 is 19.3 Å². The van der Waals surface area contributed by atoms with Gasteiger partial charge in [-0.25, -0.2) is 9.59 Å². The van der Waals surface area contributed by atoms with Crippen LogP contribution in [0.15, 0.2) is 32.0 Å². The van der Waals surface area contributed by atoms with Gasteiger partial charge in [0.15, 0.2) is 0 Å². The number of benzene rings is 1. The summed E-state index contributed by atoms with van der Waals surface area (Å²) in [7, 11) is -1.18. The maximum absolute atomic E-state index is 12.4. The maximum atomic E-state index is 12.4. The molecule has 0 spiro atoms. The van der Waals surface area contributed by atoms with Crippen molar-refractivity contribution >= 4 is 44.6 Å². The van der Waals surface area contributed by atoms with Crippen molar-refractivity contribution in [3.63, 3.8) is 0 Å². The van der Waals surface area contributed by atoms with Gasteiger partial charge in [0.05, 0.1) is 18.2 Å². The number of carbonyl (C=O) groups is 2. The van der Waals surface area contributed by atoms with Gasteiger partial charge in [-0.05, 0) is 37.5 Å². The number of rotatable bonds is 7. The van der Waals surface area contributed by atoms with Gasteiger partial charge in [-0.1, -0.05) is 0 Å². The van der Waals surface area contributed by atoms with Crippen molar-refractivity contribution in [2.45, 2.75) is 32.7 Å². The molecule has 0 aliphatic carbocycles. The average Bonchev–Trinajstić information content (AvgIpc) is 3.00. The van der Waals surface area contributed by atoms with E-state index in [1.54, 1.807) is 19.3 Å². The Balaban J connectivity index is 1.90. The van der Waals surface area contributed by atoms with Gasteiger partial charge in [-0.2, -0.15) is 0 Å². The predicted molar refractivity (Wildman–Crippen MR) is 109 cm³/mol. The Labute approximate surface area is 168 Å². The fraction of sp³-hybridized carbons (Fsp3) is 0.350. The lowest BCUT2D eigenvalue weighted by Gasteiger charge is -2.14. The van der Waals surface area contributed by atoms with Crippen LogP contribution in [0.4, 0.5) is 0 Å². The van der Waals surface area contributed by atoms with E-state index in [2.05, 4.69) is 5.32 Å². The molecule has 1 amide bonds. The van der Waals surface area contributed by atoms with Crippen LogP contribution in [0.2, 0.25) is 0 Å². The summed E-state index contributed by atoms with van der Waals surface area (Å²) < 4.78 is 22.0. The maximum Gasteiger partial charge on any atom is 0.340 e. The largest absolute Gasteiger partial charge is 0.480 e. The number of aryl methyl sites for hydroxylation is 2. The summed E-state index contributed by atoms with van der Waals surface area (Å²) >= 11 is 0. The standard InChI is InChI=1S/C20H21NO7S/c1-10-9-27-16-8-17-13(6-12(10)16)11(2)14(20(25)28-17)7-18(22)21-15(19(23)24)4-5-29(3)26/h6,8-9,15H,4-5,7H2,1-3H3,(H,21,22)(H,23,24). The summed E-state index contributed by atoms with van der Waals surface area (Å²) in [6.45, 7) is 3.62. The van der Waals surface area contributed by atoms with E-state index in [1.807, 2.05) is 13.0 Å². The first-order chi connectivity index (χ1) is 13.7. The van der Waals surface area contributed by atoms with Gasteiger partial charge in [0.1, 0.15) is 17.2 Å². The lowest BCUT2D eigenvalue weighted by atomic mass is 10.0. The predicted octanol–water partition coefficient (Wildman–Crippen LogP) is 2.04. The number of nitrogens with one attached hydrogen (secondary N) is 1. The Bertz CT molecular complexity index is 1190. The Hall–Kier alpha value is -2.94. The smallest absolute Gasteiger partial charge is 0.340 e. The van der Waals surface area contributed by atoms with E-state index >= 15 is 0 Å². The van der Waals surface area contributed by atoms with E-state index in [1.165, 1.54) is 6.26 Å². The molecule has 3 aromatic rings. The van der Waals surface area contributed by atoms with Crippen LogP contribution in [-0.4, -0.2) is 39.2 Å². The van der Waals surface area contributed by atoms with Crippen molar-refractivity contribution < 1.29 is 27.7 Å². The number of carboxylic acid groups (broad SMARTS) is 1.